The van der Waals surface area contributed by atoms with Crippen LogP contribution < -0.4 is 10.5 Å². The molecule has 0 aromatic heterocycles. The number of nitrogens with one attached hydrogen (secondary N) is 1. The minimum absolute atomic E-state index is 0.0546. The summed E-state index contributed by atoms with van der Waals surface area (Å²) in [5, 5.41) is 0.195. The van der Waals surface area contributed by atoms with Crippen molar-refractivity contribution in [3.63, 3.8) is 0 Å². The van der Waals surface area contributed by atoms with Gasteiger partial charge in [-0.15, -0.1) is 0 Å². The first-order valence-corrected chi connectivity index (χ1v) is 8.33. The number of nitrogens with two attached hydrogens (primary N) is 1. The van der Waals surface area contributed by atoms with E-state index >= 15 is 0 Å². The van der Waals surface area contributed by atoms with E-state index < -0.39 is 10.0 Å². The summed E-state index contributed by atoms with van der Waals surface area (Å²) in [6.07, 6.45) is 4.51. The molecule has 1 aromatic carbocycles. The molecule has 4 nitrogen and oxygen atoms in total. The van der Waals surface area contributed by atoms with Gasteiger partial charge in [-0.2, -0.15) is 0 Å². The number of halogens is 1. The Labute approximate surface area is 119 Å². The normalized spacial score (nSPS) is 18.6. The summed E-state index contributed by atoms with van der Waals surface area (Å²) in [6, 6.07) is 4.41. The van der Waals surface area contributed by atoms with E-state index in [2.05, 4.69) is 4.72 Å². The Kier molecular flexibility index (Phi) is 4.38. The van der Waals surface area contributed by atoms with Gasteiger partial charge in [0.15, 0.2) is 0 Å². The number of sulfonamides is 1. The Morgan fingerprint density at radius 1 is 1.37 bits per heavy atom. The first-order valence-electron chi connectivity index (χ1n) is 6.47. The molecule has 19 heavy (non-hydrogen) atoms. The lowest BCUT2D eigenvalue weighted by Crippen LogP contribution is -2.37. The van der Waals surface area contributed by atoms with Crippen molar-refractivity contribution in [1.82, 2.24) is 4.72 Å². The molecule has 106 valence electrons. The molecule has 0 aliphatic heterocycles. The van der Waals surface area contributed by atoms with Crippen molar-refractivity contribution in [1.29, 1.82) is 0 Å². The van der Waals surface area contributed by atoms with Crippen LogP contribution in [0.15, 0.2) is 23.1 Å². The molecule has 0 spiro atoms. The lowest BCUT2D eigenvalue weighted by molar-refractivity contribution is 0.424. The predicted octanol–water partition coefficient (Wildman–Crippen LogP) is 2.78. The van der Waals surface area contributed by atoms with Gasteiger partial charge in [0.05, 0.1) is 5.02 Å². The standard InChI is InChI=1S/C13H19ClN2O2S/c1-9(10-4-2-3-5-10)16-19(17,18)13-8-11(15)6-7-12(13)14/h6-10,16H,2-5,15H2,1H3. The van der Waals surface area contributed by atoms with E-state index in [0.717, 1.165) is 12.8 Å². The third-order valence-corrected chi connectivity index (χ3v) is 5.73. The minimum Gasteiger partial charge on any atom is -0.399 e. The van der Waals surface area contributed by atoms with E-state index in [0.29, 0.717) is 11.6 Å². The maximum Gasteiger partial charge on any atom is 0.242 e. The summed E-state index contributed by atoms with van der Waals surface area (Å²) in [5.41, 5.74) is 6.01. The number of hydrogen-bond donors (Lipinski definition) is 2. The van der Waals surface area contributed by atoms with Crippen LogP contribution in [0.4, 0.5) is 5.69 Å². The summed E-state index contributed by atoms with van der Waals surface area (Å²) in [7, 11) is -3.61. The van der Waals surface area contributed by atoms with Gasteiger partial charge in [-0.25, -0.2) is 13.1 Å². The summed E-state index contributed by atoms with van der Waals surface area (Å²) >= 11 is 5.95. The topological polar surface area (TPSA) is 72.2 Å². The molecule has 3 N–H and O–H groups in total. The molecule has 1 saturated carbocycles. The van der Waals surface area contributed by atoms with Crippen molar-refractivity contribution in [2.24, 2.45) is 5.92 Å². The smallest absolute Gasteiger partial charge is 0.242 e. The van der Waals surface area contributed by atoms with E-state index in [1.165, 1.54) is 25.0 Å². The molecule has 2 rings (SSSR count). The van der Waals surface area contributed by atoms with Crippen molar-refractivity contribution >= 4 is 27.3 Å². The highest BCUT2D eigenvalue weighted by Crippen LogP contribution is 2.29. The molecule has 0 saturated heterocycles. The second-order valence-corrected chi connectivity index (χ2v) is 7.23. The van der Waals surface area contributed by atoms with E-state index in [4.69, 9.17) is 17.3 Å². The first-order chi connectivity index (χ1) is 8.90. The maximum atomic E-state index is 12.3. The fourth-order valence-electron chi connectivity index (χ4n) is 2.59. The Bertz CT molecular complexity index is 554. The van der Waals surface area contributed by atoms with Crippen molar-refractivity contribution in [3.8, 4) is 0 Å². The Morgan fingerprint density at radius 3 is 2.63 bits per heavy atom. The van der Waals surface area contributed by atoms with Gasteiger partial charge in [-0.3, -0.25) is 0 Å². The molecule has 1 atom stereocenters. The van der Waals surface area contributed by atoms with E-state index in [9.17, 15) is 8.42 Å². The van der Waals surface area contributed by atoms with Crippen molar-refractivity contribution in [3.05, 3.63) is 23.2 Å². The summed E-state index contributed by atoms with van der Waals surface area (Å²) in [4.78, 5) is 0.0546. The fourth-order valence-corrected chi connectivity index (χ4v) is 4.43. The summed E-state index contributed by atoms with van der Waals surface area (Å²) in [5.74, 6) is 0.412. The van der Waals surface area contributed by atoms with Crippen LogP contribution in [0.5, 0.6) is 0 Å². The average molecular weight is 303 g/mol. The van der Waals surface area contributed by atoms with Crippen LogP contribution >= 0.6 is 11.6 Å². The third-order valence-electron chi connectivity index (χ3n) is 3.69. The first kappa shape index (κ1) is 14.6. The highest BCUT2D eigenvalue weighted by atomic mass is 35.5. The summed E-state index contributed by atoms with van der Waals surface area (Å²) in [6.45, 7) is 1.91. The van der Waals surface area contributed by atoms with Crippen LogP contribution in [-0.2, 0) is 10.0 Å². The molecule has 0 heterocycles. The SMILES string of the molecule is CC(NS(=O)(=O)c1cc(N)ccc1Cl)C1CCCC1. The van der Waals surface area contributed by atoms with E-state index in [1.807, 2.05) is 6.92 Å². The minimum atomic E-state index is -3.61. The van der Waals surface area contributed by atoms with Gasteiger partial charge in [0.2, 0.25) is 10.0 Å². The van der Waals surface area contributed by atoms with Crippen LogP contribution in [0.1, 0.15) is 32.6 Å². The molecule has 0 amide bonds. The predicted molar refractivity (Wildman–Crippen MR) is 77.6 cm³/mol. The average Bonchev–Trinajstić information content (AvgIpc) is 2.85. The van der Waals surface area contributed by atoms with Gasteiger partial charge in [0.25, 0.3) is 0 Å². The molecular formula is C13H19ClN2O2S. The Balaban J connectivity index is 2.19. The zero-order valence-corrected chi connectivity index (χ0v) is 12.5. The summed E-state index contributed by atoms with van der Waals surface area (Å²) < 4.78 is 27.4. The highest BCUT2D eigenvalue weighted by Gasteiger charge is 2.27. The molecule has 0 radical (unpaired) electrons. The highest BCUT2D eigenvalue weighted by molar-refractivity contribution is 7.89. The van der Waals surface area contributed by atoms with Crippen LogP contribution in [-0.4, -0.2) is 14.5 Å². The zero-order chi connectivity index (χ0) is 14.0. The quantitative estimate of drug-likeness (QED) is 0.840. The fraction of sp³-hybridized carbons (Fsp3) is 0.538. The number of hydrogen-bond acceptors (Lipinski definition) is 3. The molecule has 6 heteroatoms. The van der Waals surface area contributed by atoms with Gasteiger partial charge in [0.1, 0.15) is 4.90 Å². The van der Waals surface area contributed by atoms with E-state index in [1.54, 1.807) is 6.07 Å². The number of nitrogen functional groups attached to an aromatic ring is 1. The molecule has 1 aliphatic carbocycles. The van der Waals surface area contributed by atoms with E-state index in [-0.39, 0.29) is 16.0 Å². The molecule has 1 aromatic rings. The Morgan fingerprint density at radius 2 is 2.00 bits per heavy atom. The van der Waals surface area contributed by atoms with Gasteiger partial charge >= 0.3 is 0 Å². The van der Waals surface area contributed by atoms with Crippen molar-refractivity contribution in [2.75, 3.05) is 5.73 Å². The lowest BCUT2D eigenvalue weighted by Gasteiger charge is -2.20. The van der Waals surface area contributed by atoms with Gasteiger partial charge in [-0.1, -0.05) is 24.4 Å². The van der Waals surface area contributed by atoms with Crippen LogP contribution in [0.2, 0.25) is 5.02 Å². The van der Waals surface area contributed by atoms with Gasteiger partial charge in [-0.05, 0) is 43.9 Å². The molecule has 0 bridgehead atoms. The second-order valence-electron chi connectivity index (χ2n) is 5.14. The third kappa shape index (κ3) is 3.41. The Hall–Kier alpha value is -0.780. The van der Waals surface area contributed by atoms with Crippen molar-refractivity contribution < 1.29 is 8.42 Å². The second kappa shape index (κ2) is 5.69. The molecule has 1 fully saturated rings. The van der Waals surface area contributed by atoms with Gasteiger partial charge in [0, 0.05) is 11.7 Å². The van der Waals surface area contributed by atoms with Crippen LogP contribution in [0.25, 0.3) is 0 Å². The molecular weight excluding hydrogens is 284 g/mol. The zero-order valence-electron chi connectivity index (χ0n) is 10.9. The van der Waals surface area contributed by atoms with Crippen molar-refractivity contribution in [2.45, 2.75) is 43.5 Å². The lowest BCUT2D eigenvalue weighted by atomic mass is 10.0. The van der Waals surface area contributed by atoms with Gasteiger partial charge < -0.3 is 5.73 Å². The maximum absolute atomic E-state index is 12.3. The van der Waals surface area contributed by atoms with Crippen LogP contribution in [0.3, 0.4) is 0 Å². The number of rotatable bonds is 4. The molecule has 1 aliphatic rings. The number of anilines is 1. The largest absolute Gasteiger partial charge is 0.399 e. The number of benzene rings is 1. The van der Waals surface area contributed by atoms with Crippen LogP contribution in [0, 0.1) is 5.92 Å². The monoisotopic (exact) mass is 302 g/mol. The molecule has 1 unspecified atom stereocenters.